The summed E-state index contributed by atoms with van der Waals surface area (Å²) in [6.45, 7) is 0. The number of benzene rings is 3. The van der Waals surface area contributed by atoms with Crippen molar-refractivity contribution in [2.24, 2.45) is 0 Å². The summed E-state index contributed by atoms with van der Waals surface area (Å²) in [6.07, 6.45) is 2.73. The number of halogens is 4. The molecule has 0 aliphatic rings. The van der Waals surface area contributed by atoms with Gasteiger partial charge in [-0.15, -0.1) is 0 Å². The van der Waals surface area contributed by atoms with Crippen LogP contribution in [0.4, 0.5) is 13.2 Å². The molecule has 3 nitrogen and oxygen atoms in total. The fourth-order valence-corrected chi connectivity index (χ4v) is 4.82. The topological polar surface area (TPSA) is 49.9 Å². The van der Waals surface area contributed by atoms with Gasteiger partial charge in [-0.1, -0.05) is 41.9 Å². The van der Waals surface area contributed by atoms with Gasteiger partial charge in [0.05, 0.1) is 5.75 Å². The first-order valence-corrected chi connectivity index (χ1v) is 11.7. The fraction of sp³-hybridized carbons (Fsp3) is 0.130. The highest BCUT2D eigenvalue weighted by atomic mass is 35.5. The summed E-state index contributed by atoms with van der Waals surface area (Å²) >= 11 is 5.90. The second kappa shape index (κ2) is 8.05. The molecule has 3 aromatic carbocycles. The summed E-state index contributed by atoms with van der Waals surface area (Å²) in [5.41, 5.74) is 1.87. The molecule has 0 saturated carbocycles. The molecule has 0 fully saturated rings. The van der Waals surface area contributed by atoms with Crippen molar-refractivity contribution in [2.45, 2.75) is 11.7 Å². The Hall–Kier alpha value is -2.77. The number of hydrogen-bond acceptors (Lipinski definition) is 2. The minimum absolute atomic E-state index is 0.0806. The van der Waals surface area contributed by atoms with Crippen molar-refractivity contribution in [3.63, 3.8) is 0 Å². The molecule has 1 heterocycles. The molecule has 1 N–H and O–H groups in total. The molecule has 4 rings (SSSR count). The van der Waals surface area contributed by atoms with E-state index in [-0.39, 0.29) is 21.9 Å². The molecule has 0 radical (unpaired) electrons. The van der Waals surface area contributed by atoms with Gasteiger partial charge in [-0.2, -0.15) is 0 Å². The lowest BCUT2D eigenvalue weighted by Crippen LogP contribution is -2.08. The number of H-pyrrole nitrogens is 1. The summed E-state index contributed by atoms with van der Waals surface area (Å²) in [7, 11) is -3.30. The van der Waals surface area contributed by atoms with E-state index in [0.29, 0.717) is 22.0 Å². The van der Waals surface area contributed by atoms with E-state index in [9.17, 15) is 21.6 Å². The Morgan fingerprint density at radius 3 is 2.26 bits per heavy atom. The minimum atomic E-state index is -3.30. The molecule has 1 aromatic heterocycles. The van der Waals surface area contributed by atoms with Crippen LogP contribution >= 0.6 is 11.6 Å². The van der Waals surface area contributed by atoms with Gasteiger partial charge in [-0.3, -0.25) is 0 Å². The SMILES string of the molecule is CS(=O)(=O)Cc1cccc2c(C(c3ccc(F)cc3F)c3ccc(Cl)cc3F)c[nH]c12. The number of sulfone groups is 1. The zero-order valence-electron chi connectivity index (χ0n) is 16.3. The van der Waals surface area contributed by atoms with Crippen molar-refractivity contribution in [1.29, 1.82) is 0 Å². The molecule has 160 valence electrons. The third-order valence-electron chi connectivity index (χ3n) is 5.11. The predicted molar refractivity (Wildman–Crippen MR) is 116 cm³/mol. The van der Waals surface area contributed by atoms with Crippen molar-refractivity contribution in [1.82, 2.24) is 4.98 Å². The predicted octanol–water partition coefficient (Wildman–Crippen LogP) is 5.96. The molecule has 8 heteroatoms. The van der Waals surface area contributed by atoms with Crippen molar-refractivity contribution >= 4 is 32.3 Å². The van der Waals surface area contributed by atoms with E-state index in [0.717, 1.165) is 24.5 Å². The minimum Gasteiger partial charge on any atom is -0.361 e. The number of aromatic nitrogens is 1. The van der Waals surface area contributed by atoms with Gasteiger partial charge in [0.2, 0.25) is 0 Å². The third kappa shape index (κ3) is 4.34. The number of hydrogen-bond donors (Lipinski definition) is 1. The Kier molecular flexibility index (Phi) is 5.58. The number of para-hydroxylation sites is 1. The van der Waals surface area contributed by atoms with Gasteiger partial charge in [-0.25, -0.2) is 21.6 Å². The zero-order valence-corrected chi connectivity index (χ0v) is 17.9. The van der Waals surface area contributed by atoms with Crippen LogP contribution in [0.1, 0.15) is 28.2 Å². The molecule has 1 unspecified atom stereocenters. The summed E-state index contributed by atoms with van der Waals surface area (Å²) in [5, 5.41) is 0.804. The van der Waals surface area contributed by atoms with Gasteiger partial charge in [0.15, 0.2) is 9.84 Å². The summed E-state index contributed by atoms with van der Waals surface area (Å²) in [4.78, 5) is 3.05. The zero-order chi connectivity index (χ0) is 22.3. The standard InChI is InChI=1S/C23H17ClF3NO2S/c1-31(29,30)12-13-3-2-4-16-19(11-28-23(13)16)22(17-7-5-14(24)9-20(17)26)18-8-6-15(25)10-21(18)27/h2-11,22,28H,12H2,1H3. The largest absolute Gasteiger partial charge is 0.361 e. The Morgan fingerprint density at radius 2 is 1.61 bits per heavy atom. The van der Waals surface area contributed by atoms with E-state index in [4.69, 9.17) is 11.6 Å². The lowest BCUT2D eigenvalue weighted by atomic mass is 9.84. The maximum atomic E-state index is 14.9. The number of rotatable bonds is 5. The molecular formula is C23H17ClF3NO2S. The monoisotopic (exact) mass is 463 g/mol. The van der Waals surface area contributed by atoms with E-state index in [1.54, 1.807) is 24.4 Å². The third-order valence-corrected chi connectivity index (χ3v) is 6.18. The fourth-order valence-electron chi connectivity index (χ4n) is 3.85. The summed E-state index contributed by atoms with van der Waals surface area (Å²) in [6, 6.07) is 12.4. The van der Waals surface area contributed by atoms with Crippen LogP contribution in [-0.2, 0) is 15.6 Å². The Balaban J connectivity index is 1.98. The van der Waals surface area contributed by atoms with Crippen LogP contribution in [0.3, 0.4) is 0 Å². The van der Waals surface area contributed by atoms with Crippen molar-refractivity contribution < 1.29 is 21.6 Å². The van der Waals surface area contributed by atoms with Crippen LogP contribution in [0.25, 0.3) is 10.9 Å². The molecule has 1 atom stereocenters. The molecule has 0 aliphatic carbocycles. The number of nitrogens with one attached hydrogen (secondary N) is 1. The van der Waals surface area contributed by atoms with Gasteiger partial charge in [-0.05, 0) is 34.9 Å². The highest BCUT2D eigenvalue weighted by Crippen LogP contribution is 2.39. The van der Waals surface area contributed by atoms with Crippen LogP contribution in [0.5, 0.6) is 0 Å². The van der Waals surface area contributed by atoms with Crippen molar-refractivity contribution in [3.05, 3.63) is 106 Å². The van der Waals surface area contributed by atoms with Gasteiger partial charge in [0.25, 0.3) is 0 Å². The van der Waals surface area contributed by atoms with Crippen molar-refractivity contribution in [2.75, 3.05) is 6.26 Å². The first kappa shape index (κ1) is 21.5. The van der Waals surface area contributed by atoms with E-state index in [1.807, 2.05) is 0 Å². The molecule has 4 aromatic rings. The highest BCUT2D eigenvalue weighted by Gasteiger charge is 2.27. The lowest BCUT2D eigenvalue weighted by Gasteiger charge is -2.20. The summed E-state index contributed by atoms with van der Waals surface area (Å²) < 4.78 is 66.9. The van der Waals surface area contributed by atoms with Gasteiger partial charge in [0, 0.05) is 45.9 Å². The van der Waals surface area contributed by atoms with Gasteiger partial charge in [0.1, 0.15) is 17.5 Å². The van der Waals surface area contributed by atoms with Crippen LogP contribution in [-0.4, -0.2) is 19.7 Å². The molecule has 0 spiro atoms. The average Bonchev–Trinajstić information content (AvgIpc) is 3.09. The maximum Gasteiger partial charge on any atom is 0.151 e. The second-order valence-electron chi connectivity index (χ2n) is 7.42. The number of aromatic amines is 1. The van der Waals surface area contributed by atoms with Gasteiger partial charge < -0.3 is 4.98 Å². The van der Waals surface area contributed by atoms with Crippen LogP contribution in [0.15, 0.2) is 60.8 Å². The maximum absolute atomic E-state index is 14.9. The Morgan fingerprint density at radius 1 is 0.935 bits per heavy atom. The van der Waals surface area contributed by atoms with E-state index in [2.05, 4.69) is 4.98 Å². The first-order valence-electron chi connectivity index (χ1n) is 9.30. The second-order valence-corrected chi connectivity index (χ2v) is 10.00. The average molecular weight is 464 g/mol. The Labute approximate surface area is 182 Å². The van der Waals surface area contributed by atoms with Gasteiger partial charge >= 0.3 is 0 Å². The smallest absolute Gasteiger partial charge is 0.151 e. The first-order chi connectivity index (χ1) is 14.6. The molecule has 31 heavy (non-hydrogen) atoms. The number of fused-ring (bicyclic) bond motifs is 1. The lowest BCUT2D eigenvalue weighted by molar-refractivity contribution is 0.564. The van der Waals surface area contributed by atoms with E-state index >= 15 is 0 Å². The summed E-state index contributed by atoms with van der Waals surface area (Å²) in [5.74, 6) is -3.30. The van der Waals surface area contributed by atoms with Crippen LogP contribution in [0.2, 0.25) is 5.02 Å². The van der Waals surface area contributed by atoms with E-state index in [1.165, 1.54) is 18.2 Å². The normalized spacial score (nSPS) is 12.9. The van der Waals surface area contributed by atoms with E-state index < -0.39 is 33.2 Å². The van der Waals surface area contributed by atoms with Crippen LogP contribution < -0.4 is 0 Å². The quantitative estimate of drug-likeness (QED) is 0.397. The molecular weight excluding hydrogens is 447 g/mol. The molecule has 0 amide bonds. The van der Waals surface area contributed by atoms with Crippen molar-refractivity contribution in [3.8, 4) is 0 Å². The Bertz CT molecular complexity index is 1350. The molecule has 0 bridgehead atoms. The molecule has 0 saturated heterocycles. The highest BCUT2D eigenvalue weighted by molar-refractivity contribution is 7.89. The molecule has 0 aliphatic heterocycles. The van der Waals surface area contributed by atoms with Crippen LogP contribution in [0, 0.1) is 17.5 Å².